The van der Waals surface area contributed by atoms with Crippen molar-refractivity contribution in [2.75, 3.05) is 13.1 Å². The van der Waals surface area contributed by atoms with Gasteiger partial charge in [0.05, 0.1) is 23.6 Å². The van der Waals surface area contributed by atoms with Crippen molar-refractivity contribution in [2.24, 2.45) is 0 Å². The summed E-state index contributed by atoms with van der Waals surface area (Å²) in [7, 11) is 0. The summed E-state index contributed by atoms with van der Waals surface area (Å²) in [6.45, 7) is -11.3. The highest BCUT2D eigenvalue weighted by Crippen LogP contribution is 2.25. The topological polar surface area (TPSA) is 35.5 Å². The van der Waals surface area contributed by atoms with Gasteiger partial charge in [-0.1, -0.05) is 67.2 Å². The van der Waals surface area contributed by atoms with Crippen LogP contribution in [0.4, 0.5) is 0 Å². The Balaban J connectivity index is 0.000000256. The molecule has 0 N–H and O–H groups in total. The van der Waals surface area contributed by atoms with Crippen LogP contribution < -0.4 is 9.47 Å². The highest BCUT2D eigenvalue weighted by molar-refractivity contribution is 9.10. The molecule has 37 heavy (non-hydrogen) atoms. The monoisotopic (exact) mass is 672 g/mol. The number of benzene rings is 4. The van der Waals surface area contributed by atoms with Crippen molar-refractivity contribution in [1.29, 1.82) is 0 Å². The van der Waals surface area contributed by atoms with E-state index in [9.17, 15) is 4.79 Å². The first-order valence-electron chi connectivity index (χ1n) is 15.6. The van der Waals surface area contributed by atoms with Crippen LogP contribution in [0.1, 0.15) is 54.5 Å². The third-order valence-corrected chi connectivity index (χ3v) is 6.64. The standard InChI is InChI=1S/C15H12BrClO2.C15H14BrClO/c1-2-19-12-6-3-10(4-7-12)15(18)13-9-11(16)5-8-14(13)17;1-2-18-14-6-3-11(4-7-14)9-12-10-13(16)5-8-15(12)17/h3-9H,2H2,1H3;3-8,10H,2,9H2,1H3/i2*1D3,2D2. The van der Waals surface area contributed by atoms with Crippen molar-refractivity contribution < 1.29 is 28.0 Å². The Morgan fingerprint density at radius 2 is 1.32 bits per heavy atom. The Morgan fingerprint density at radius 1 is 0.784 bits per heavy atom. The van der Waals surface area contributed by atoms with Crippen LogP contribution in [-0.4, -0.2) is 18.9 Å². The Kier molecular flexibility index (Phi) is 7.12. The van der Waals surface area contributed by atoms with Gasteiger partial charge in [-0.25, -0.2) is 0 Å². The van der Waals surface area contributed by atoms with Crippen molar-refractivity contribution in [3.05, 3.63) is 126 Å². The van der Waals surface area contributed by atoms with E-state index in [1.54, 1.807) is 42.5 Å². The van der Waals surface area contributed by atoms with Crippen LogP contribution in [0, 0.1) is 0 Å². The SMILES string of the molecule is [2H]C([2H])([2H])C([2H])([2H])Oc1ccc(C(=O)c2cc(Br)ccc2Cl)cc1.[2H]C([2H])([2H])C([2H])([2H])Oc1ccc(Cc2cc(Br)ccc2Cl)cc1. The molecule has 0 aliphatic carbocycles. The second kappa shape index (κ2) is 14.6. The fraction of sp³-hybridized carbons (Fsp3) is 0.167. The van der Waals surface area contributed by atoms with Crippen molar-refractivity contribution in [3.8, 4) is 11.5 Å². The molecule has 4 aromatic carbocycles. The second-order valence-corrected chi connectivity index (χ2v) is 10.1. The van der Waals surface area contributed by atoms with Gasteiger partial charge in [0.2, 0.25) is 0 Å². The van der Waals surface area contributed by atoms with E-state index < -0.39 is 26.8 Å². The van der Waals surface area contributed by atoms with E-state index in [1.807, 2.05) is 18.2 Å². The quantitative estimate of drug-likeness (QED) is 0.175. The Morgan fingerprint density at radius 3 is 1.92 bits per heavy atom. The van der Waals surface area contributed by atoms with Gasteiger partial charge in [-0.2, -0.15) is 0 Å². The van der Waals surface area contributed by atoms with Crippen LogP contribution in [0.5, 0.6) is 11.5 Å². The molecule has 3 nitrogen and oxygen atoms in total. The van der Waals surface area contributed by atoms with E-state index >= 15 is 0 Å². The number of hydrogen-bond donors (Lipinski definition) is 0. The van der Waals surface area contributed by atoms with E-state index in [1.165, 1.54) is 24.3 Å². The maximum absolute atomic E-state index is 12.5. The van der Waals surface area contributed by atoms with Gasteiger partial charge < -0.3 is 9.47 Å². The fourth-order valence-electron chi connectivity index (χ4n) is 3.19. The first-order valence-corrected chi connectivity index (χ1v) is 12.9. The normalized spacial score (nSPS) is 15.8. The zero-order valence-corrected chi connectivity index (χ0v) is 23.7. The molecule has 0 aliphatic rings. The van der Waals surface area contributed by atoms with Gasteiger partial charge in [-0.15, -0.1) is 0 Å². The molecule has 0 amide bonds. The summed E-state index contributed by atoms with van der Waals surface area (Å²) < 4.78 is 84.0. The van der Waals surface area contributed by atoms with Gasteiger partial charge in [0.25, 0.3) is 0 Å². The van der Waals surface area contributed by atoms with Gasteiger partial charge in [-0.05, 0) is 104 Å². The van der Waals surface area contributed by atoms with Crippen LogP contribution >= 0.6 is 55.1 Å². The molecule has 4 rings (SSSR count). The van der Waals surface area contributed by atoms with Crippen molar-refractivity contribution in [1.82, 2.24) is 0 Å². The zero-order valence-electron chi connectivity index (χ0n) is 29.0. The molecule has 192 valence electrons. The number of hydrogen-bond acceptors (Lipinski definition) is 3. The number of carbonyl (C=O) groups excluding carboxylic acids is 1. The Labute approximate surface area is 259 Å². The molecule has 0 bridgehead atoms. The largest absolute Gasteiger partial charge is 0.494 e. The van der Waals surface area contributed by atoms with E-state index in [2.05, 4.69) is 31.9 Å². The Hall–Kier alpha value is -2.31. The molecule has 0 atom stereocenters. The third kappa shape index (κ3) is 8.89. The average Bonchev–Trinajstić information content (AvgIpc) is 2.96. The van der Waals surface area contributed by atoms with Crippen LogP contribution in [-0.2, 0) is 6.42 Å². The fourth-order valence-corrected chi connectivity index (χ4v) is 4.35. The summed E-state index contributed by atoms with van der Waals surface area (Å²) in [5, 5.41) is 0.967. The van der Waals surface area contributed by atoms with E-state index in [0.29, 0.717) is 32.1 Å². The zero-order chi connectivity index (χ0) is 35.4. The van der Waals surface area contributed by atoms with Crippen LogP contribution in [0.3, 0.4) is 0 Å². The number of halogens is 4. The summed E-state index contributed by atoms with van der Waals surface area (Å²) in [6.07, 6.45) is 0.602. The van der Waals surface area contributed by atoms with Crippen LogP contribution in [0.25, 0.3) is 0 Å². The Bertz CT molecular complexity index is 1700. The molecule has 0 spiro atoms. The number of rotatable bonds is 8. The second-order valence-electron chi connectivity index (χ2n) is 7.44. The van der Waals surface area contributed by atoms with Crippen molar-refractivity contribution >= 4 is 60.8 Å². The third-order valence-electron chi connectivity index (χ3n) is 4.95. The lowest BCUT2D eigenvalue weighted by molar-refractivity contribution is 0.103. The van der Waals surface area contributed by atoms with E-state index in [4.69, 9.17) is 46.4 Å². The van der Waals surface area contributed by atoms with Gasteiger partial charge in [-0.3, -0.25) is 4.79 Å². The number of ether oxygens (including phenoxy) is 2. The molecular weight excluding hydrogens is 639 g/mol. The summed E-state index contributed by atoms with van der Waals surface area (Å²) in [5.74, 6) is -0.144. The maximum atomic E-state index is 12.5. The highest BCUT2D eigenvalue weighted by Gasteiger charge is 2.13. The van der Waals surface area contributed by atoms with Gasteiger partial charge in [0, 0.05) is 33.3 Å². The molecule has 0 heterocycles. The lowest BCUT2D eigenvalue weighted by Crippen LogP contribution is -2.02. The van der Waals surface area contributed by atoms with Gasteiger partial charge in [0.15, 0.2) is 5.78 Å². The summed E-state index contributed by atoms with van der Waals surface area (Å²) >= 11 is 18.9. The van der Waals surface area contributed by atoms with Gasteiger partial charge >= 0.3 is 0 Å². The van der Waals surface area contributed by atoms with Crippen LogP contribution in [0.2, 0.25) is 10.0 Å². The maximum Gasteiger partial charge on any atom is 0.194 e. The summed E-state index contributed by atoms with van der Waals surface area (Å²) in [5.41, 5.74) is 2.54. The van der Waals surface area contributed by atoms with E-state index in [0.717, 1.165) is 15.6 Å². The average molecular weight is 675 g/mol. The van der Waals surface area contributed by atoms with Crippen LogP contribution in [0.15, 0.2) is 93.9 Å². The predicted molar refractivity (Wildman–Crippen MR) is 160 cm³/mol. The molecule has 0 aliphatic heterocycles. The molecule has 0 unspecified atom stereocenters. The van der Waals surface area contributed by atoms with Crippen molar-refractivity contribution in [3.63, 3.8) is 0 Å². The van der Waals surface area contributed by atoms with Crippen molar-refractivity contribution in [2.45, 2.75) is 20.1 Å². The van der Waals surface area contributed by atoms with E-state index in [-0.39, 0.29) is 17.3 Å². The molecule has 0 saturated carbocycles. The minimum atomic E-state index is -2.93. The number of carbonyl (C=O) groups is 1. The number of ketones is 1. The molecule has 0 radical (unpaired) electrons. The molecule has 0 fully saturated rings. The molecule has 0 aromatic heterocycles. The predicted octanol–water partition coefficient (Wildman–Crippen LogP) is 9.82. The molecule has 0 saturated heterocycles. The molecule has 4 aromatic rings. The lowest BCUT2D eigenvalue weighted by Gasteiger charge is -2.07. The first-order chi connectivity index (χ1) is 21.6. The minimum Gasteiger partial charge on any atom is -0.494 e. The first kappa shape index (κ1) is 18.1. The minimum absolute atomic E-state index is 0.00742. The van der Waals surface area contributed by atoms with Gasteiger partial charge in [0.1, 0.15) is 11.5 Å². The highest BCUT2D eigenvalue weighted by atomic mass is 79.9. The summed E-state index contributed by atoms with van der Waals surface area (Å²) in [4.78, 5) is 12.5. The summed E-state index contributed by atoms with van der Waals surface area (Å²) in [6, 6.07) is 22.6. The molecule has 7 heteroatoms. The smallest absolute Gasteiger partial charge is 0.194 e. The molecular formula is C30H26Br2Cl2O3. The lowest BCUT2D eigenvalue weighted by atomic mass is 10.0.